The Labute approximate surface area is 142 Å². The molecule has 4 rings (SSSR count). The lowest BCUT2D eigenvalue weighted by molar-refractivity contribution is 0.541. The first kappa shape index (κ1) is 15.0. The standard InChI is InChI=1S/C18H17N3O2S/c1-3-20(4-2)16-10-9-12(23-16)11-15-17(22)21-14-8-6-5-7-13(14)19-18(21)24-15/h5-11H,3-4H2,1-2H3/b15-11-. The smallest absolute Gasteiger partial charge is 0.275 e. The minimum absolute atomic E-state index is 0.0514. The van der Waals surface area contributed by atoms with Crippen LogP contribution in [0.1, 0.15) is 19.6 Å². The Morgan fingerprint density at radius 3 is 2.79 bits per heavy atom. The third kappa shape index (κ3) is 2.30. The number of thiazole rings is 1. The number of hydrogen-bond donors (Lipinski definition) is 0. The Kier molecular flexibility index (Phi) is 3.61. The highest BCUT2D eigenvalue weighted by atomic mass is 32.1. The topological polar surface area (TPSA) is 50.8 Å². The van der Waals surface area contributed by atoms with Crippen LogP contribution in [0, 0.1) is 0 Å². The molecule has 0 aliphatic heterocycles. The zero-order valence-corrected chi connectivity index (χ0v) is 14.3. The molecule has 24 heavy (non-hydrogen) atoms. The van der Waals surface area contributed by atoms with E-state index in [0.717, 1.165) is 30.0 Å². The molecule has 0 radical (unpaired) electrons. The van der Waals surface area contributed by atoms with Crippen LogP contribution in [-0.2, 0) is 0 Å². The summed E-state index contributed by atoms with van der Waals surface area (Å²) in [5, 5.41) is 0. The summed E-state index contributed by atoms with van der Waals surface area (Å²) in [6.07, 6.45) is 1.80. The molecular formula is C18H17N3O2S. The monoisotopic (exact) mass is 339 g/mol. The molecule has 1 aromatic carbocycles. The summed E-state index contributed by atoms with van der Waals surface area (Å²) in [6.45, 7) is 5.94. The van der Waals surface area contributed by atoms with E-state index >= 15 is 0 Å². The zero-order chi connectivity index (χ0) is 16.7. The molecule has 0 amide bonds. The lowest BCUT2D eigenvalue weighted by Crippen LogP contribution is -2.22. The van der Waals surface area contributed by atoms with Gasteiger partial charge in [0.1, 0.15) is 10.3 Å². The Hall–Kier alpha value is -2.60. The van der Waals surface area contributed by atoms with Crippen molar-refractivity contribution in [1.82, 2.24) is 9.38 Å². The van der Waals surface area contributed by atoms with Gasteiger partial charge in [-0.2, -0.15) is 0 Å². The van der Waals surface area contributed by atoms with Crippen LogP contribution in [0.2, 0.25) is 0 Å². The van der Waals surface area contributed by atoms with Crippen LogP contribution < -0.4 is 15.0 Å². The minimum atomic E-state index is -0.0514. The normalized spacial score (nSPS) is 12.5. The van der Waals surface area contributed by atoms with Crippen molar-refractivity contribution in [2.75, 3.05) is 18.0 Å². The maximum Gasteiger partial charge on any atom is 0.275 e. The van der Waals surface area contributed by atoms with Crippen molar-refractivity contribution in [2.24, 2.45) is 0 Å². The first-order valence-corrected chi connectivity index (χ1v) is 8.79. The van der Waals surface area contributed by atoms with Crippen molar-refractivity contribution in [3.8, 4) is 0 Å². The van der Waals surface area contributed by atoms with Crippen molar-refractivity contribution in [3.05, 3.63) is 57.0 Å². The van der Waals surface area contributed by atoms with Gasteiger partial charge in [0.05, 0.1) is 11.0 Å². The highest BCUT2D eigenvalue weighted by molar-refractivity contribution is 7.15. The fraction of sp³-hybridized carbons (Fsp3) is 0.222. The second-order valence-electron chi connectivity index (χ2n) is 5.48. The minimum Gasteiger partial charge on any atom is -0.441 e. The maximum absolute atomic E-state index is 12.7. The van der Waals surface area contributed by atoms with E-state index in [2.05, 4.69) is 23.7 Å². The first-order chi connectivity index (χ1) is 11.7. The van der Waals surface area contributed by atoms with Gasteiger partial charge in [-0.05, 0) is 32.0 Å². The number of anilines is 1. The van der Waals surface area contributed by atoms with Gasteiger partial charge in [-0.3, -0.25) is 4.79 Å². The number of furan rings is 1. The zero-order valence-electron chi connectivity index (χ0n) is 13.5. The van der Waals surface area contributed by atoms with Gasteiger partial charge in [-0.15, -0.1) is 0 Å². The Morgan fingerprint density at radius 1 is 1.21 bits per heavy atom. The van der Waals surface area contributed by atoms with Crippen molar-refractivity contribution in [1.29, 1.82) is 0 Å². The summed E-state index contributed by atoms with van der Waals surface area (Å²) in [5.41, 5.74) is 1.63. The van der Waals surface area contributed by atoms with Gasteiger partial charge in [0.25, 0.3) is 5.56 Å². The molecule has 0 bridgehead atoms. The van der Waals surface area contributed by atoms with Crippen LogP contribution in [0.15, 0.2) is 45.6 Å². The van der Waals surface area contributed by atoms with Crippen molar-refractivity contribution in [2.45, 2.75) is 13.8 Å². The molecule has 122 valence electrons. The molecule has 0 saturated carbocycles. The van der Waals surface area contributed by atoms with E-state index < -0.39 is 0 Å². The molecule has 6 heteroatoms. The molecule has 0 aliphatic carbocycles. The average Bonchev–Trinajstić information content (AvgIpc) is 3.26. The third-order valence-electron chi connectivity index (χ3n) is 4.11. The molecule has 0 unspecified atom stereocenters. The first-order valence-electron chi connectivity index (χ1n) is 7.97. The highest BCUT2D eigenvalue weighted by Gasteiger charge is 2.11. The number of fused-ring (bicyclic) bond motifs is 3. The summed E-state index contributed by atoms with van der Waals surface area (Å²) in [7, 11) is 0. The van der Waals surface area contributed by atoms with Crippen molar-refractivity contribution < 1.29 is 4.42 Å². The molecule has 3 heterocycles. The van der Waals surface area contributed by atoms with E-state index in [1.165, 1.54) is 11.3 Å². The molecule has 3 aromatic heterocycles. The number of imidazole rings is 1. The number of aromatic nitrogens is 2. The molecular weight excluding hydrogens is 322 g/mol. The number of rotatable bonds is 4. The SMILES string of the molecule is CCN(CC)c1ccc(/C=c2\sc3nc4ccccc4n3c2=O)o1. The predicted molar refractivity (Wildman–Crippen MR) is 97.9 cm³/mol. The van der Waals surface area contributed by atoms with E-state index in [1.807, 2.05) is 36.4 Å². The van der Waals surface area contributed by atoms with E-state index in [9.17, 15) is 4.79 Å². The van der Waals surface area contributed by atoms with E-state index in [1.54, 1.807) is 10.5 Å². The van der Waals surface area contributed by atoms with E-state index in [0.29, 0.717) is 15.3 Å². The molecule has 4 aromatic rings. The highest BCUT2D eigenvalue weighted by Crippen LogP contribution is 2.19. The van der Waals surface area contributed by atoms with Gasteiger partial charge in [0, 0.05) is 25.2 Å². The van der Waals surface area contributed by atoms with E-state index in [-0.39, 0.29) is 5.56 Å². The Bertz CT molecular complexity index is 1120. The fourth-order valence-electron chi connectivity index (χ4n) is 2.87. The second-order valence-corrected chi connectivity index (χ2v) is 6.49. The van der Waals surface area contributed by atoms with Crippen LogP contribution in [0.4, 0.5) is 5.88 Å². The van der Waals surface area contributed by atoms with Crippen molar-refractivity contribution in [3.63, 3.8) is 0 Å². The van der Waals surface area contributed by atoms with Gasteiger partial charge in [-0.1, -0.05) is 23.5 Å². The summed E-state index contributed by atoms with van der Waals surface area (Å²) >= 11 is 1.38. The summed E-state index contributed by atoms with van der Waals surface area (Å²) < 4.78 is 8.15. The third-order valence-corrected chi connectivity index (χ3v) is 5.08. The number of hydrogen-bond acceptors (Lipinski definition) is 5. The van der Waals surface area contributed by atoms with Crippen LogP contribution in [-0.4, -0.2) is 22.5 Å². The fourth-order valence-corrected chi connectivity index (χ4v) is 3.83. The molecule has 0 aliphatic rings. The molecule has 0 N–H and O–H groups in total. The molecule has 0 saturated heterocycles. The summed E-state index contributed by atoms with van der Waals surface area (Å²) in [4.78, 5) is 20.1. The van der Waals surface area contributed by atoms with E-state index in [4.69, 9.17) is 4.42 Å². The summed E-state index contributed by atoms with van der Waals surface area (Å²) in [5.74, 6) is 1.51. The van der Waals surface area contributed by atoms with Gasteiger partial charge in [0.2, 0.25) is 0 Å². The average molecular weight is 339 g/mol. The lowest BCUT2D eigenvalue weighted by Gasteiger charge is -2.16. The number of para-hydroxylation sites is 2. The predicted octanol–water partition coefficient (Wildman–Crippen LogP) is 2.90. The molecule has 5 nitrogen and oxygen atoms in total. The molecule has 0 spiro atoms. The lowest BCUT2D eigenvalue weighted by atomic mass is 10.3. The number of nitrogens with zero attached hydrogens (tertiary/aromatic N) is 3. The van der Waals surface area contributed by atoms with Crippen LogP contribution in [0.25, 0.3) is 22.1 Å². The molecule has 0 atom stereocenters. The van der Waals surface area contributed by atoms with Gasteiger partial charge >= 0.3 is 0 Å². The van der Waals surface area contributed by atoms with Gasteiger partial charge in [-0.25, -0.2) is 9.38 Å². The largest absolute Gasteiger partial charge is 0.441 e. The summed E-state index contributed by atoms with van der Waals surface area (Å²) in [6, 6.07) is 11.5. The van der Waals surface area contributed by atoms with Crippen LogP contribution in [0.5, 0.6) is 0 Å². The van der Waals surface area contributed by atoms with Gasteiger partial charge in [0.15, 0.2) is 10.8 Å². The Balaban J connectivity index is 1.83. The Morgan fingerprint density at radius 2 is 2.00 bits per heavy atom. The van der Waals surface area contributed by atoms with Crippen molar-refractivity contribution >= 4 is 39.3 Å². The number of benzene rings is 1. The van der Waals surface area contributed by atoms with Gasteiger partial charge < -0.3 is 9.32 Å². The van der Waals surface area contributed by atoms with Crippen LogP contribution >= 0.6 is 11.3 Å². The van der Waals surface area contributed by atoms with Crippen LogP contribution in [0.3, 0.4) is 0 Å². The molecule has 0 fully saturated rings. The quantitative estimate of drug-likeness (QED) is 0.574. The second kappa shape index (κ2) is 5.79. The maximum atomic E-state index is 12.7.